The third kappa shape index (κ3) is 15.8. The lowest BCUT2D eigenvalue weighted by Gasteiger charge is -1.93. The van der Waals surface area contributed by atoms with E-state index in [1.165, 1.54) is 0 Å². The van der Waals surface area contributed by atoms with Gasteiger partial charge in [0.2, 0.25) is 0 Å². The molecule has 0 aromatic rings. The first-order valence-electron chi connectivity index (χ1n) is 2.59. The predicted octanol–water partition coefficient (Wildman–Crippen LogP) is -0.600. The van der Waals surface area contributed by atoms with Crippen LogP contribution in [-0.2, 0) is 14.3 Å². The van der Waals surface area contributed by atoms with Crippen LogP contribution in [0, 0.1) is 0 Å². The third-order valence-corrected chi connectivity index (χ3v) is 0.472. The van der Waals surface area contributed by atoms with Crippen LogP contribution in [0.1, 0.15) is 6.92 Å². The predicted molar refractivity (Wildman–Crippen MR) is 34.7 cm³/mol. The second-order valence-electron chi connectivity index (χ2n) is 1.10. The highest BCUT2D eigenvalue weighted by atomic mass is 16.5. The average Bonchev–Trinajstić information content (AvgIpc) is 1.90. The first-order chi connectivity index (χ1) is 4.72. The summed E-state index contributed by atoms with van der Waals surface area (Å²) in [4.78, 5) is 18.3. The lowest BCUT2D eigenvalue weighted by Crippen LogP contribution is -2.16. The summed E-state index contributed by atoms with van der Waals surface area (Å²) in [6.07, 6.45) is 0.500. The first kappa shape index (κ1) is 11.6. The Morgan fingerprint density at radius 2 is 2.20 bits per heavy atom. The Balaban J connectivity index is 0. The van der Waals surface area contributed by atoms with Crippen molar-refractivity contribution in [1.29, 1.82) is 0 Å². The summed E-state index contributed by atoms with van der Waals surface area (Å²) in [5.41, 5.74) is 4.88. The molecule has 0 aromatic carbocycles. The molecule has 5 nitrogen and oxygen atoms in total. The zero-order valence-electron chi connectivity index (χ0n) is 5.66. The molecule has 0 saturated heterocycles. The molecule has 0 aliphatic carbocycles. The Morgan fingerprint density at radius 1 is 1.80 bits per heavy atom. The number of isocyanates is 1. The Hall–Kier alpha value is -1.19. The van der Waals surface area contributed by atoms with E-state index in [-0.39, 0.29) is 12.5 Å². The normalized spacial score (nSPS) is 6.60. The highest BCUT2D eigenvalue weighted by molar-refractivity contribution is 5.71. The molecule has 0 bridgehead atoms. The van der Waals surface area contributed by atoms with Crippen molar-refractivity contribution in [3.63, 3.8) is 0 Å². The number of ether oxygens (including phenoxy) is 1. The Kier molecular flexibility index (Phi) is 12.4. The van der Waals surface area contributed by atoms with Gasteiger partial charge in [0.15, 0.2) is 0 Å². The lowest BCUT2D eigenvalue weighted by molar-refractivity contribution is -0.141. The minimum absolute atomic E-state index is 0.0200. The summed E-state index contributed by atoms with van der Waals surface area (Å²) >= 11 is 0. The maximum Gasteiger partial charge on any atom is 0.319 e. The molecule has 0 saturated carbocycles. The van der Waals surface area contributed by atoms with Crippen LogP contribution < -0.4 is 5.73 Å². The quantitative estimate of drug-likeness (QED) is 0.319. The van der Waals surface area contributed by atoms with Crippen LogP contribution in [0.4, 0.5) is 0 Å². The highest BCUT2D eigenvalue weighted by Gasteiger charge is 1.91. The van der Waals surface area contributed by atoms with Gasteiger partial charge in [0.05, 0.1) is 13.2 Å². The van der Waals surface area contributed by atoms with Gasteiger partial charge in [0.25, 0.3) is 0 Å². The monoisotopic (exact) mass is 145 g/mol. The molecule has 0 fully saturated rings. The zero-order chi connectivity index (χ0) is 8.41. The zero-order valence-corrected chi connectivity index (χ0v) is 5.66. The van der Waals surface area contributed by atoms with Gasteiger partial charge in [-0.2, -0.15) is 0 Å². The summed E-state index contributed by atoms with van der Waals surface area (Å²) < 4.78 is 4.43. The van der Waals surface area contributed by atoms with Gasteiger partial charge >= 0.3 is 5.97 Å². The summed E-state index contributed by atoms with van der Waals surface area (Å²) in [6, 6.07) is 0. The van der Waals surface area contributed by atoms with Crippen molar-refractivity contribution in [3.8, 4) is 0 Å². The van der Waals surface area contributed by atoms with E-state index in [1.54, 1.807) is 6.92 Å². The van der Waals surface area contributed by atoms with Crippen LogP contribution >= 0.6 is 0 Å². The molecular weight excluding hydrogens is 136 g/mol. The summed E-state index contributed by atoms with van der Waals surface area (Å²) in [6.45, 7) is 2.14. The van der Waals surface area contributed by atoms with Gasteiger partial charge in [-0.25, -0.2) is 0 Å². The van der Waals surface area contributed by atoms with Crippen LogP contribution in [0.25, 0.3) is 5.41 Å². The van der Waals surface area contributed by atoms with Gasteiger partial charge < -0.3 is 15.9 Å². The number of rotatable bonds is 2. The number of hydrogen-bond acceptors (Lipinski definition) is 4. The van der Waals surface area contributed by atoms with E-state index in [2.05, 4.69) is 4.74 Å². The van der Waals surface area contributed by atoms with Crippen LogP contribution in [-0.4, -0.2) is 25.2 Å². The number of hydrogen-bond donors (Lipinski definition) is 1. The Bertz CT molecular complexity index is 118. The molecule has 0 heterocycles. The van der Waals surface area contributed by atoms with Gasteiger partial charge in [0.1, 0.15) is 0 Å². The van der Waals surface area contributed by atoms with E-state index in [1.807, 2.05) is 0 Å². The summed E-state index contributed by atoms with van der Waals surface area (Å²) in [5, 5.41) is 6.76. The number of esters is 1. The van der Waals surface area contributed by atoms with Crippen molar-refractivity contribution in [2.45, 2.75) is 6.92 Å². The lowest BCUT2D eigenvalue weighted by atomic mass is 10.7. The topological polar surface area (TPSA) is 91.7 Å². The van der Waals surface area contributed by atoms with E-state index < -0.39 is 0 Å². The van der Waals surface area contributed by atoms with E-state index in [9.17, 15) is 4.79 Å². The molecule has 0 rings (SSSR count). The molecule has 5 heteroatoms. The molecule has 2 N–H and O–H groups in total. The number of carbonyl (C=O) groups excluding carboxylic acids is 2. The summed E-state index contributed by atoms with van der Waals surface area (Å²) in [7, 11) is 0. The van der Waals surface area contributed by atoms with Crippen molar-refractivity contribution in [2.24, 2.45) is 5.73 Å². The van der Waals surface area contributed by atoms with Crippen molar-refractivity contribution < 1.29 is 14.3 Å². The van der Waals surface area contributed by atoms with E-state index >= 15 is 0 Å². The van der Waals surface area contributed by atoms with Crippen LogP contribution in [0.2, 0.25) is 0 Å². The third-order valence-electron chi connectivity index (χ3n) is 0.472. The van der Waals surface area contributed by atoms with Crippen LogP contribution in [0.3, 0.4) is 0 Å². The van der Waals surface area contributed by atoms with Gasteiger partial charge in [0, 0.05) is 0 Å². The van der Waals surface area contributed by atoms with Crippen molar-refractivity contribution in [2.75, 3.05) is 13.2 Å². The molecule has 10 heavy (non-hydrogen) atoms. The number of nitrogens with zero attached hydrogens (tertiary/aromatic N) is 1. The second-order valence-corrected chi connectivity index (χ2v) is 1.10. The number of nitrogens with two attached hydrogens (primary N) is 1. The molecule has 0 radical (unpaired) electrons. The number of carbonyl (C=O) groups is 1. The van der Waals surface area contributed by atoms with Gasteiger partial charge in [-0.05, 0) is 13.0 Å². The molecule has 58 valence electrons. The van der Waals surface area contributed by atoms with Crippen molar-refractivity contribution in [3.05, 3.63) is 5.41 Å². The molecule has 0 unspecified atom stereocenters. The highest BCUT2D eigenvalue weighted by Crippen LogP contribution is 1.69. The van der Waals surface area contributed by atoms with Gasteiger partial charge in [-0.1, -0.05) is 0 Å². The Morgan fingerprint density at radius 3 is 2.30 bits per heavy atom. The fraction of sp³-hybridized carbons (Fsp3) is 0.600. The van der Waals surface area contributed by atoms with E-state index in [0.717, 1.165) is 0 Å². The fourth-order valence-electron chi connectivity index (χ4n) is 0.220. The second kappa shape index (κ2) is 10.7. The van der Waals surface area contributed by atoms with Crippen molar-refractivity contribution in [1.82, 2.24) is 0 Å². The average molecular weight is 145 g/mol. The minimum atomic E-state index is -0.345. The first-order valence-corrected chi connectivity index (χ1v) is 2.59. The maximum absolute atomic E-state index is 10.1. The molecule has 0 atom stereocenters. The van der Waals surface area contributed by atoms with E-state index in [4.69, 9.17) is 15.9 Å². The molecule has 0 spiro atoms. The van der Waals surface area contributed by atoms with Crippen molar-refractivity contribution >= 4 is 12.0 Å². The fourth-order valence-corrected chi connectivity index (χ4v) is 0.220. The molecule has 0 aliphatic rings. The minimum Gasteiger partial charge on any atom is -0.724 e. The molecular formula is C5H9N2O3-. The van der Waals surface area contributed by atoms with E-state index in [0.29, 0.717) is 12.7 Å². The smallest absolute Gasteiger partial charge is 0.319 e. The summed E-state index contributed by atoms with van der Waals surface area (Å²) in [5.74, 6) is -0.345. The SMILES string of the molecule is CCOC(=O)CN.[N-]=C=O. The van der Waals surface area contributed by atoms with Crippen LogP contribution in [0.5, 0.6) is 0 Å². The van der Waals surface area contributed by atoms with Gasteiger partial charge in [-0.3, -0.25) is 9.59 Å². The Labute approximate surface area is 58.7 Å². The van der Waals surface area contributed by atoms with Gasteiger partial charge in [-0.15, -0.1) is 0 Å². The molecule has 0 aliphatic heterocycles. The standard InChI is InChI=1S/C4H9NO2.CNO/c1-2-7-4(6)3-5;2-1-3/h2-3,5H2,1H3;/q;-1. The molecule has 0 amide bonds. The molecule has 0 aromatic heterocycles. The van der Waals surface area contributed by atoms with Crippen LogP contribution in [0.15, 0.2) is 0 Å². The largest absolute Gasteiger partial charge is 0.724 e. The maximum atomic E-state index is 10.1.